The molecule has 2 unspecified atom stereocenters. The molecule has 0 saturated heterocycles. The third kappa shape index (κ3) is 44.7. The van der Waals surface area contributed by atoms with Crippen molar-refractivity contribution in [1.82, 2.24) is 0 Å². The first kappa shape index (κ1) is 57.2. The zero-order valence-electron chi connectivity index (χ0n) is 38.7. The molecule has 0 aromatic carbocycles. The summed E-state index contributed by atoms with van der Waals surface area (Å²) in [5, 5.41) is 0. The Morgan fingerprint density at radius 2 is 0.967 bits per heavy atom. The van der Waals surface area contributed by atoms with Crippen LogP contribution in [0.1, 0.15) is 168 Å². The van der Waals surface area contributed by atoms with E-state index in [1.54, 1.807) is 0 Å². The van der Waals surface area contributed by atoms with Crippen molar-refractivity contribution in [2.24, 2.45) is 0 Å². The van der Waals surface area contributed by atoms with Gasteiger partial charge in [0.2, 0.25) is 0 Å². The van der Waals surface area contributed by atoms with Crippen molar-refractivity contribution in [3.63, 3.8) is 0 Å². The number of esters is 2. The van der Waals surface area contributed by atoms with Crippen LogP contribution in [0, 0.1) is 0 Å². The van der Waals surface area contributed by atoms with Crippen LogP contribution in [-0.2, 0) is 32.7 Å². The van der Waals surface area contributed by atoms with Gasteiger partial charge in [0, 0.05) is 12.8 Å². The first-order chi connectivity index (χ1) is 29.0. The minimum absolute atomic E-state index is 0.0160. The van der Waals surface area contributed by atoms with Gasteiger partial charge in [-0.25, -0.2) is 4.57 Å². The molecule has 0 fully saturated rings. The SMILES string of the molecule is CC/C=C\C/C=C\C/C=C\C/C=C\C/C=C\CCCC(=O)OC(COC(=O)CCCCCCCCCCC/C=C\C/C=C\CCCCC)COP(=O)(O)OCC[N+](C)(C)C. The number of hydrogen-bond donors (Lipinski definition) is 1. The average molecular weight is 861 g/mol. The molecule has 344 valence electrons. The van der Waals surface area contributed by atoms with E-state index in [0.29, 0.717) is 23.9 Å². The molecule has 0 aromatic rings. The lowest BCUT2D eigenvalue weighted by atomic mass is 10.1. The van der Waals surface area contributed by atoms with Gasteiger partial charge in [0.15, 0.2) is 6.10 Å². The Bertz CT molecular complexity index is 1290. The van der Waals surface area contributed by atoms with Crippen LogP contribution in [0.5, 0.6) is 0 Å². The normalized spacial score (nSPS) is 14.3. The minimum Gasteiger partial charge on any atom is -0.462 e. The quantitative estimate of drug-likeness (QED) is 0.0213. The van der Waals surface area contributed by atoms with Crippen molar-refractivity contribution in [3.8, 4) is 0 Å². The smallest absolute Gasteiger partial charge is 0.462 e. The second-order valence-electron chi connectivity index (χ2n) is 16.4. The van der Waals surface area contributed by atoms with E-state index in [2.05, 4.69) is 92.8 Å². The predicted molar refractivity (Wildman–Crippen MR) is 252 cm³/mol. The molecule has 60 heavy (non-hydrogen) atoms. The fraction of sp³-hybridized carbons (Fsp3) is 0.680. The summed E-state index contributed by atoms with van der Waals surface area (Å²) in [5.74, 6) is -0.878. The average Bonchev–Trinajstić information content (AvgIpc) is 3.20. The van der Waals surface area contributed by atoms with Crippen LogP contribution in [0.25, 0.3) is 0 Å². The number of rotatable bonds is 41. The number of unbranched alkanes of at least 4 members (excludes halogenated alkanes) is 13. The van der Waals surface area contributed by atoms with Gasteiger partial charge in [-0.05, 0) is 83.5 Å². The Kier molecular flexibility index (Phi) is 39.6. The van der Waals surface area contributed by atoms with E-state index in [4.69, 9.17) is 18.5 Å². The summed E-state index contributed by atoms with van der Waals surface area (Å²) in [6.07, 6.45) is 53.5. The molecule has 0 heterocycles. The molecule has 0 aromatic heterocycles. The molecule has 0 amide bonds. The van der Waals surface area contributed by atoms with Crippen LogP contribution in [0.3, 0.4) is 0 Å². The van der Waals surface area contributed by atoms with E-state index in [9.17, 15) is 19.0 Å². The van der Waals surface area contributed by atoms with Gasteiger partial charge in [-0.1, -0.05) is 157 Å². The van der Waals surface area contributed by atoms with Gasteiger partial charge in [-0.2, -0.15) is 0 Å². The third-order valence-electron chi connectivity index (χ3n) is 9.41. The van der Waals surface area contributed by atoms with E-state index in [1.807, 2.05) is 27.2 Å². The molecular formula is C50H87NO8P+. The highest BCUT2D eigenvalue weighted by Gasteiger charge is 2.27. The predicted octanol–water partition coefficient (Wildman–Crippen LogP) is 13.6. The molecular weight excluding hydrogens is 774 g/mol. The summed E-state index contributed by atoms with van der Waals surface area (Å²) in [6, 6.07) is 0. The fourth-order valence-electron chi connectivity index (χ4n) is 5.78. The summed E-state index contributed by atoms with van der Waals surface area (Å²) in [6.45, 7) is 4.20. The second kappa shape index (κ2) is 41.5. The van der Waals surface area contributed by atoms with E-state index in [-0.39, 0.29) is 26.1 Å². The highest BCUT2D eigenvalue weighted by atomic mass is 31.2. The van der Waals surface area contributed by atoms with Crippen molar-refractivity contribution in [2.75, 3.05) is 47.5 Å². The molecule has 0 saturated carbocycles. The lowest BCUT2D eigenvalue weighted by Crippen LogP contribution is -2.37. The second-order valence-corrected chi connectivity index (χ2v) is 17.9. The number of phosphoric acid groups is 1. The van der Waals surface area contributed by atoms with Crippen LogP contribution < -0.4 is 0 Å². The molecule has 10 heteroatoms. The van der Waals surface area contributed by atoms with Crippen LogP contribution in [-0.4, -0.2) is 74.9 Å². The van der Waals surface area contributed by atoms with Crippen LogP contribution >= 0.6 is 7.82 Å². The highest BCUT2D eigenvalue weighted by Crippen LogP contribution is 2.43. The molecule has 9 nitrogen and oxygen atoms in total. The molecule has 1 N–H and O–H groups in total. The van der Waals surface area contributed by atoms with Crippen molar-refractivity contribution in [3.05, 3.63) is 85.1 Å². The maximum absolute atomic E-state index is 12.7. The fourth-order valence-corrected chi connectivity index (χ4v) is 6.53. The summed E-state index contributed by atoms with van der Waals surface area (Å²) in [5.41, 5.74) is 0. The molecule has 0 aliphatic heterocycles. The number of quaternary nitrogens is 1. The Labute approximate surface area is 367 Å². The number of ether oxygens (including phenoxy) is 2. The summed E-state index contributed by atoms with van der Waals surface area (Å²) >= 11 is 0. The molecule has 0 aliphatic rings. The highest BCUT2D eigenvalue weighted by molar-refractivity contribution is 7.47. The molecule has 0 spiro atoms. The minimum atomic E-state index is -4.40. The maximum atomic E-state index is 12.7. The lowest BCUT2D eigenvalue weighted by molar-refractivity contribution is -0.870. The number of carbonyl (C=O) groups excluding carboxylic acids is 2. The van der Waals surface area contributed by atoms with Crippen molar-refractivity contribution < 1.29 is 42.1 Å². The zero-order chi connectivity index (χ0) is 44.3. The topological polar surface area (TPSA) is 108 Å². The number of likely N-dealkylation sites (N-methyl/N-ethyl adjacent to an activating group) is 1. The van der Waals surface area contributed by atoms with E-state index >= 15 is 0 Å². The van der Waals surface area contributed by atoms with Gasteiger partial charge in [-0.3, -0.25) is 18.6 Å². The first-order valence-electron chi connectivity index (χ1n) is 23.3. The van der Waals surface area contributed by atoms with Gasteiger partial charge >= 0.3 is 19.8 Å². The molecule has 0 aliphatic carbocycles. The molecule has 2 atom stereocenters. The van der Waals surface area contributed by atoms with Gasteiger partial charge in [0.25, 0.3) is 0 Å². The Balaban J connectivity index is 4.42. The van der Waals surface area contributed by atoms with E-state index in [0.717, 1.165) is 70.6 Å². The third-order valence-corrected chi connectivity index (χ3v) is 10.4. The maximum Gasteiger partial charge on any atom is 0.472 e. The number of phosphoric ester groups is 1. The summed E-state index contributed by atoms with van der Waals surface area (Å²) in [7, 11) is 1.42. The van der Waals surface area contributed by atoms with Crippen LogP contribution in [0.2, 0.25) is 0 Å². The number of allylic oxidation sites excluding steroid dienone is 14. The number of carbonyl (C=O) groups is 2. The summed E-state index contributed by atoms with van der Waals surface area (Å²) < 4.78 is 34.3. The number of hydrogen-bond acceptors (Lipinski definition) is 7. The lowest BCUT2D eigenvalue weighted by Gasteiger charge is -2.24. The van der Waals surface area contributed by atoms with Gasteiger partial charge < -0.3 is 18.9 Å². The van der Waals surface area contributed by atoms with Crippen LogP contribution in [0.15, 0.2) is 85.1 Å². The Morgan fingerprint density at radius 3 is 1.47 bits per heavy atom. The van der Waals surface area contributed by atoms with Crippen LogP contribution in [0.4, 0.5) is 0 Å². The largest absolute Gasteiger partial charge is 0.472 e. The number of nitrogens with zero attached hydrogens (tertiary/aromatic N) is 1. The molecule has 0 radical (unpaired) electrons. The Hall–Kier alpha value is -2.81. The summed E-state index contributed by atoms with van der Waals surface area (Å²) in [4.78, 5) is 35.4. The molecule has 0 bridgehead atoms. The van der Waals surface area contributed by atoms with E-state index in [1.165, 1.54) is 57.8 Å². The monoisotopic (exact) mass is 861 g/mol. The Morgan fingerprint density at radius 1 is 0.533 bits per heavy atom. The van der Waals surface area contributed by atoms with Gasteiger partial charge in [0.05, 0.1) is 27.7 Å². The zero-order valence-corrected chi connectivity index (χ0v) is 39.6. The first-order valence-corrected chi connectivity index (χ1v) is 24.8. The standard InChI is InChI=1S/C50H86NO8P/c1-6-8-10-12-14-16-18-20-22-24-25-27-28-30-32-34-36-38-40-42-49(52)56-46-48(47-58-60(54,55)57-45-44-51(3,4)5)59-50(53)43-41-39-37-35-33-31-29-26-23-21-19-17-15-13-11-9-7-2/h9,11,14-17,20-23,29,31,35,37,48H,6-8,10,12-13,18-19,24-28,30,32-34,36,38-47H2,1-5H3/p+1/b11-9-,16-14-,17-15-,22-20-,23-21-,31-29-,37-35-. The van der Waals surface area contributed by atoms with Crippen molar-refractivity contribution >= 4 is 19.8 Å². The van der Waals surface area contributed by atoms with Crippen molar-refractivity contribution in [1.29, 1.82) is 0 Å². The van der Waals surface area contributed by atoms with Gasteiger partial charge in [-0.15, -0.1) is 0 Å². The van der Waals surface area contributed by atoms with Gasteiger partial charge in [0.1, 0.15) is 19.8 Å². The van der Waals surface area contributed by atoms with E-state index < -0.39 is 32.5 Å². The van der Waals surface area contributed by atoms with Crippen molar-refractivity contribution in [2.45, 2.75) is 174 Å². The molecule has 0 rings (SSSR count).